The van der Waals surface area contributed by atoms with Gasteiger partial charge in [-0.05, 0) is 13.0 Å². The van der Waals surface area contributed by atoms with Crippen LogP contribution < -0.4 is 11.3 Å². The van der Waals surface area contributed by atoms with Gasteiger partial charge in [0.2, 0.25) is 5.95 Å². The standard InChI is InChI=1S/C12H16N4O5/c1-12(20)7(18)6(4-17)21-10(12)16-3-2-5-8(16)14-11(13)15-9(5)19/h2-3,6-7,10,17-18,20H,4H2,1H3,(H3,13,14,15,19)/t6-,7?,10-,12+/m1/s1. The largest absolute Gasteiger partial charge is 0.394 e. The number of aliphatic hydroxyl groups is 3. The number of ether oxygens (including phenoxy) is 1. The van der Waals surface area contributed by atoms with E-state index in [9.17, 15) is 20.1 Å². The van der Waals surface area contributed by atoms with Gasteiger partial charge in [0.05, 0.1) is 12.0 Å². The second-order valence-electron chi connectivity index (χ2n) is 5.29. The van der Waals surface area contributed by atoms with Crippen molar-refractivity contribution in [3.8, 4) is 0 Å². The van der Waals surface area contributed by atoms with E-state index in [0.717, 1.165) is 0 Å². The van der Waals surface area contributed by atoms with Crippen LogP contribution in [-0.4, -0.2) is 54.3 Å². The maximum absolute atomic E-state index is 11.8. The van der Waals surface area contributed by atoms with Crippen molar-refractivity contribution < 1.29 is 20.1 Å². The van der Waals surface area contributed by atoms with Crippen LogP contribution in [0.3, 0.4) is 0 Å². The van der Waals surface area contributed by atoms with Crippen molar-refractivity contribution in [1.82, 2.24) is 14.5 Å². The molecule has 3 rings (SSSR count). The Morgan fingerprint density at radius 1 is 1.62 bits per heavy atom. The Morgan fingerprint density at radius 3 is 2.95 bits per heavy atom. The van der Waals surface area contributed by atoms with Gasteiger partial charge in [-0.3, -0.25) is 9.78 Å². The minimum Gasteiger partial charge on any atom is -0.394 e. The zero-order chi connectivity index (χ0) is 15.4. The summed E-state index contributed by atoms with van der Waals surface area (Å²) in [6.07, 6.45) is -1.69. The Labute approximate surface area is 118 Å². The van der Waals surface area contributed by atoms with Crippen LogP contribution >= 0.6 is 0 Å². The van der Waals surface area contributed by atoms with Gasteiger partial charge in [-0.2, -0.15) is 4.98 Å². The highest BCUT2D eigenvalue weighted by Crippen LogP contribution is 2.39. The van der Waals surface area contributed by atoms with Crippen LogP contribution in [0.5, 0.6) is 0 Å². The van der Waals surface area contributed by atoms with Crippen molar-refractivity contribution in [3.63, 3.8) is 0 Å². The number of aromatic nitrogens is 3. The lowest BCUT2D eigenvalue weighted by Gasteiger charge is -2.27. The van der Waals surface area contributed by atoms with E-state index in [4.69, 9.17) is 10.5 Å². The molecule has 2 aromatic heterocycles. The van der Waals surface area contributed by atoms with Crippen LogP contribution in [0.1, 0.15) is 13.2 Å². The summed E-state index contributed by atoms with van der Waals surface area (Å²) < 4.78 is 6.91. The molecular formula is C12H16N4O5. The van der Waals surface area contributed by atoms with Crippen molar-refractivity contribution in [1.29, 1.82) is 0 Å². The average molecular weight is 296 g/mol. The SMILES string of the molecule is C[C@]1(O)C(O)[C@@H](CO)O[C@H]1n1ccc2c(=O)[nH]c(N)nc21. The van der Waals surface area contributed by atoms with Crippen molar-refractivity contribution >= 4 is 17.0 Å². The Bertz CT molecular complexity index is 737. The zero-order valence-corrected chi connectivity index (χ0v) is 11.2. The number of rotatable bonds is 2. The Kier molecular flexibility index (Phi) is 3.02. The molecule has 0 aliphatic carbocycles. The number of hydrogen-bond donors (Lipinski definition) is 5. The van der Waals surface area contributed by atoms with Gasteiger partial charge in [0.1, 0.15) is 17.8 Å². The summed E-state index contributed by atoms with van der Waals surface area (Å²) in [5.74, 6) is -0.0654. The van der Waals surface area contributed by atoms with E-state index in [1.165, 1.54) is 23.8 Å². The molecule has 0 radical (unpaired) electrons. The topological polar surface area (TPSA) is 147 Å². The molecule has 114 valence electrons. The minimum atomic E-state index is -1.65. The molecule has 0 spiro atoms. The number of nitrogens with one attached hydrogen (secondary N) is 1. The van der Waals surface area contributed by atoms with E-state index in [1.807, 2.05) is 0 Å². The van der Waals surface area contributed by atoms with E-state index in [1.54, 1.807) is 0 Å². The molecule has 3 heterocycles. The van der Waals surface area contributed by atoms with E-state index >= 15 is 0 Å². The summed E-state index contributed by atoms with van der Waals surface area (Å²) in [5, 5.41) is 29.9. The molecule has 1 fully saturated rings. The lowest BCUT2D eigenvalue weighted by Crippen LogP contribution is -2.44. The van der Waals surface area contributed by atoms with Crippen molar-refractivity contribution in [2.24, 2.45) is 0 Å². The molecule has 0 bridgehead atoms. The van der Waals surface area contributed by atoms with Crippen molar-refractivity contribution in [3.05, 3.63) is 22.6 Å². The van der Waals surface area contributed by atoms with Gasteiger partial charge in [0.25, 0.3) is 5.56 Å². The first kappa shape index (κ1) is 14.0. The molecule has 0 amide bonds. The maximum Gasteiger partial charge on any atom is 0.261 e. The Hall–Kier alpha value is -1.94. The van der Waals surface area contributed by atoms with E-state index < -0.39 is 36.2 Å². The number of nitrogen functional groups attached to an aromatic ring is 1. The molecule has 1 aliphatic heterocycles. The molecule has 21 heavy (non-hydrogen) atoms. The van der Waals surface area contributed by atoms with E-state index in [0.29, 0.717) is 0 Å². The van der Waals surface area contributed by atoms with Crippen LogP contribution in [0.25, 0.3) is 11.0 Å². The fraction of sp³-hybridized carbons (Fsp3) is 0.500. The molecule has 1 unspecified atom stereocenters. The van der Waals surface area contributed by atoms with Gasteiger partial charge in [-0.1, -0.05) is 0 Å². The van der Waals surface area contributed by atoms with Crippen LogP contribution in [-0.2, 0) is 4.74 Å². The van der Waals surface area contributed by atoms with Crippen LogP contribution in [0, 0.1) is 0 Å². The Morgan fingerprint density at radius 2 is 2.33 bits per heavy atom. The molecule has 2 aromatic rings. The molecule has 9 heteroatoms. The fourth-order valence-corrected chi connectivity index (χ4v) is 2.64. The summed E-state index contributed by atoms with van der Waals surface area (Å²) in [6, 6.07) is 1.51. The number of fused-ring (bicyclic) bond motifs is 1. The van der Waals surface area contributed by atoms with Gasteiger partial charge < -0.3 is 30.4 Å². The van der Waals surface area contributed by atoms with Gasteiger partial charge in [-0.25, -0.2) is 0 Å². The second-order valence-corrected chi connectivity index (χ2v) is 5.29. The minimum absolute atomic E-state index is 0.0654. The van der Waals surface area contributed by atoms with Gasteiger partial charge in [0.15, 0.2) is 11.9 Å². The molecule has 0 aromatic carbocycles. The second kappa shape index (κ2) is 4.53. The number of nitrogens with two attached hydrogens (primary N) is 1. The molecule has 4 atom stereocenters. The molecular weight excluding hydrogens is 280 g/mol. The lowest BCUT2D eigenvalue weighted by molar-refractivity contribution is -0.0948. The Balaban J connectivity index is 2.15. The summed E-state index contributed by atoms with van der Waals surface area (Å²) in [6.45, 7) is 0.948. The highest BCUT2D eigenvalue weighted by molar-refractivity contribution is 5.76. The number of hydrogen-bond acceptors (Lipinski definition) is 7. The highest BCUT2D eigenvalue weighted by atomic mass is 16.6. The summed E-state index contributed by atoms with van der Waals surface area (Å²) in [7, 11) is 0. The van der Waals surface area contributed by atoms with Crippen molar-refractivity contribution in [2.75, 3.05) is 12.3 Å². The average Bonchev–Trinajstić information content (AvgIpc) is 2.91. The third kappa shape index (κ3) is 1.94. The lowest BCUT2D eigenvalue weighted by atomic mass is 9.96. The van der Waals surface area contributed by atoms with E-state index in [-0.39, 0.29) is 17.0 Å². The number of aromatic amines is 1. The first-order valence-electron chi connectivity index (χ1n) is 6.39. The third-order valence-corrected chi connectivity index (χ3v) is 3.79. The molecule has 9 nitrogen and oxygen atoms in total. The number of anilines is 1. The summed E-state index contributed by atoms with van der Waals surface area (Å²) >= 11 is 0. The number of nitrogens with zero attached hydrogens (tertiary/aromatic N) is 2. The summed E-state index contributed by atoms with van der Waals surface area (Å²) in [5.41, 5.74) is 3.69. The van der Waals surface area contributed by atoms with Gasteiger partial charge >= 0.3 is 0 Å². The van der Waals surface area contributed by atoms with Crippen LogP contribution in [0.4, 0.5) is 5.95 Å². The first-order valence-corrected chi connectivity index (χ1v) is 6.39. The monoisotopic (exact) mass is 296 g/mol. The van der Waals surface area contributed by atoms with Crippen molar-refractivity contribution in [2.45, 2.75) is 31.0 Å². The quantitative estimate of drug-likeness (QED) is 0.444. The number of aliphatic hydroxyl groups excluding tert-OH is 2. The third-order valence-electron chi connectivity index (χ3n) is 3.79. The predicted molar refractivity (Wildman–Crippen MR) is 72.4 cm³/mol. The fourth-order valence-electron chi connectivity index (χ4n) is 2.64. The first-order chi connectivity index (χ1) is 9.86. The van der Waals surface area contributed by atoms with E-state index in [2.05, 4.69) is 9.97 Å². The van der Waals surface area contributed by atoms with Gasteiger partial charge in [0, 0.05) is 6.20 Å². The number of H-pyrrole nitrogens is 1. The normalized spacial score (nSPS) is 32.9. The molecule has 1 aliphatic rings. The predicted octanol–water partition coefficient (Wildman–Crippen LogP) is -1.69. The summed E-state index contributed by atoms with van der Waals surface area (Å²) in [4.78, 5) is 18.2. The molecule has 6 N–H and O–H groups in total. The highest BCUT2D eigenvalue weighted by Gasteiger charge is 2.53. The maximum atomic E-state index is 11.8. The molecule has 0 saturated carbocycles. The van der Waals surface area contributed by atoms with Crippen LogP contribution in [0.2, 0.25) is 0 Å². The van der Waals surface area contributed by atoms with Crippen LogP contribution in [0.15, 0.2) is 17.1 Å². The smallest absolute Gasteiger partial charge is 0.261 e. The van der Waals surface area contributed by atoms with Gasteiger partial charge in [-0.15, -0.1) is 0 Å². The molecule has 1 saturated heterocycles. The zero-order valence-electron chi connectivity index (χ0n) is 11.2.